The van der Waals surface area contributed by atoms with Crippen molar-refractivity contribution in [3.8, 4) is 0 Å². The van der Waals surface area contributed by atoms with Gasteiger partial charge in [0.05, 0.1) is 24.9 Å². The summed E-state index contributed by atoms with van der Waals surface area (Å²) in [5.41, 5.74) is 0. The summed E-state index contributed by atoms with van der Waals surface area (Å²) < 4.78 is 33.4. The van der Waals surface area contributed by atoms with E-state index in [9.17, 15) is 28.2 Å². The molecule has 0 saturated heterocycles. The second kappa shape index (κ2) is 131. The maximum Gasteiger partial charge on any atom is 0.306 e. The molecule has 0 heterocycles. The molecular weight excluding hydrogens is 1880 g/mol. The Morgan fingerprint density at radius 1 is 0.288 bits per heavy atom. The lowest BCUT2D eigenvalue weighted by molar-refractivity contribution is -0.153. The molecule has 0 radical (unpaired) electrons. The van der Waals surface area contributed by atoms with Gasteiger partial charge in [-0.2, -0.15) is 8.42 Å². The number of aliphatic carboxylic acids is 1. The Morgan fingerprint density at radius 2 is 0.534 bits per heavy atom. The minimum Gasteiger partial charge on any atom is -0.481 e. The van der Waals surface area contributed by atoms with Gasteiger partial charge in [-0.15, -0.1) is 0 Å². The van der Waals surface area contributed by atoms with Crippen LogP contribution in [0.3, 0.4) is 0 Å². The largest absolute Gasteiger partial charge is 0.481 e. The average Bonchev–Trinajstić information content (AvgIpc) is 0.874. The SMILES string of the molecule is CCCCC/C=C\CCCC(CCC/C=C\CCCCC)C(=O)O.CCCCC/C=C\CCCC(CCC/C=C\CCCCC)C(CC(CCCC)CCCCCC)OC(=O)CCCCN(C)C.CCCCC/C=C\CCCC(CCC/C=C\CCCCC)C(O)CC(CCCC)CCCCCC.CCCCCCC(CBr)CCCC.CCCCCCC(CCCC)COS(C)(=O)=O.CCCCCCC(CO)CCCC. The summed E-state index contributed by atoms with van der Waals surface area (Å²) in [6, 6.07) is 0. The molecule has 146 heavy (non-hydrogen) atoms. The fourth-order valence-corrected chi connectivity index (χ4v) is 20.8. The van der Waals surface area contributed by atoms with Gasteiger partial charge in [-0.1, -0.05) is 495 Å². The number of hydrogen-bond acceptors (Lipinski definition) is 9. The summed E-state index contributed by atoms with van der Waals surface area (Å²) in [6.45, 7) is 37.9. The predicted molar refractivity (Wildman–Crippen MR) is 659 cm³/mol. The lowest BCUT2D eigenvalue weighted by Crippen LogP contribution is -2.30. The lowest BCUT2D eigenvalue weighted by Gasteiger charge is -2.31. The molecule has 0 aromatic carbocycles. The summed E-state index contributed by atoms with van der Waals surface area (Å²) in [6.07, 6.45) is 137. The van der Waals surface area contributed by atoms with E-state index >= 15 is 0 Å². The van der Waals surface area contributed by atoms with Crippen LogP contribution in [0.15, 0.2) is 72.9 Å². The summed E-state index contributed by atoms with van der Waals surface area (Å²) in [7, 11) is 0.936. The summed E-state index contributed by atoms with van der Waals surface area (Å²) in [4.78, 5) is 26.8. The van der Waals surface area contributed by atoms with Crippen molar-refractivity contribution in [3.63, 3.8) is 0 Å². The first-order chi connectivity index (χ1) is 71.1. The molecule has 0 fully saturated rings. The number of halogens is 1. The van der Waals surface area contributed by atoms with Crippen LogP contribution in [0.5, 0.6) is 0 Å². The van der Waals surface area contributed by atoms with E-state index < -0.39 is 16.1 Å². The van der Waals surface area contributed by atoms with Crippen LogP contribution in [-0.2, 0) is 28.6 Å². The molecule has 12 heteroatoms. The number of aliphatic hydroxyl groups excluding tert-OH is 2. The molecule has 0 bridgehead atoms. The van der Waals surface area contributed by atoms with Crippen molar-refractivity contribution in [1.82, 2.24) is 4.90 Å². The van der Waals surface area contributed by atoms with E-state index in [1.54, 1.807) is 0 Å². The number of alkyl halides is 1. The Balaban J connectivity index is -0.000000427. The van der Waals surface area contributed by atoms with Gasteiger partial charge in [0, 0.05) is 18.4 Å². The van der Waals surface area contributed by atoms with Crippen LogP contribution in [-0.4, -0.2) is 98.2 Å². The number of hydrogen-bond donors (Lipinski definition) is 3. The zero-order chi connectivity index (χ0) is 109. The minimum atomic E-state index is -3.28. The van der Waals surface area contributed by atoms with Gasteiger partial charge in [-0.05, 0) is 319 Å². The summed E-state index contributed by atoms with van der Waals surface area (Å²) >= 11 is 3.62. The quantitative estimate of drug-likeness (QED) is 0.0177. The van der Waals surface area contributed by atoms with Crippen molar-refractivity contribution < 1.29 is 42.2 Å². The van der Waals surface area contributed by atoms with Crippen LogP contribution in [0, 0.1) is 47.3 Å². The summed E-state index contributed by atoms with van der Waals surface area (Å²) in [5.74, 6) is 3.56. The van der Waals surface area contributed by atoms with E-state index in [0.717, 1.165) is 127 Å². The van der Waals surface area contributed by atoms with Crippen LogP contribution in [0.25, 0.3) is 0 Å². The molecule has 0 amide bonds. The standard InChI is InChI=1S/C41H79NO2.C34H66O.C22H40O2.C13H28O3S.C12H25Br.C12H26O/c1-7-11-15-18-20-22-24-27-33-39(34-28-25-23-21-19-16-12-8-2)40(44-41(43)35-29-30-36-42(5)6)37-38(31-14-10-4)32-26-17-13-9-3;1-5-9-13-16-18-20-22-25-29-33(30-26-23-21-19-17-14-10-6-2)34(35)31-32(27-12-8-4)28-24-15-11-7-3;1-3-5-7-9-11-13-15-17-19-21(22(23)24)20-18-16-14-12-10-8-6-4-2;1-4-6-8-9-11-13(10-7-5-2)12-16-17(3,14)15;2*1-3-5-7-8-10-12(11-13)9-6-4-2/h20-23,38-40H,7-19,24-37H2,1-6H3;18-21,32-35H,5-17,22-31H2,1-4H3;11-14,21H,3-10,15-20H2,1-2H3,(H,23,24);13H,4-12H2,1-3H3;12H,3-11H2,1-2H3;12-13H,3-11H2,1-2H3/b22-20-,23-21-;20-18-,21-19-;13-11-,14-12-;;;. The minimum absolute atomic E-state index is 0.0469. The van der Waals surface area contributed by atoms with E-state index in [4.69, 9.17) is 14.0 Å². The Labute approximate surface area is 926 Å². The zero-order valence-electron chi connectivity index (χ0n) is 102. The van der Waals surface area contributed by atoms with Crippen molar-refractivity contribution in [3.05, 3.63) is 72.9 Å². The van der Waals surface area contributed by atoms with Crippen molar-refractivity contribution in [2.45, 2.75) is 682 Å². The first-order valence-electron chi connectivity index (χ1n) is 64.7. The molecule has 0 spiro atoms. The van der Waals surface area contributed by atoms with Gasteiger partial charge in [-0.25, -0.2) is 0 Å². The van der Waals surface area contributed by atoms with Gasteiger partial charge >= 0.3 is 11.9 Å². The van der Waals surface area contributed by atoms with Gasteiger partial charge in [0.2, 0.25) is 0 Å². The van der Waals surface area contributed by atoms with Gasteiger partial charge in [0.25, 0.3) is 10.1 Å². The molecule has 872 valence electrons. The predicted octanol–water partition coefficient (Wildman–Crippen LogP) is 44.7. The lowest BCUT2D eigenvalue weighted by atomic mass is 9.82. The highest BCUT2D eigenvalue weighted by Gasteiger charge is 2.29. The van der Waals surface area contributed by atoms with Crippen LogP contribution in [0.4, 0.5) is 0 Å². The topological polar surface area (TPSA) is 151 Å². The molecule has 0 aliphatic rings. The molecule has 10 nitrogen and oxygen atoms in total. The van der Waals surface area contributed by atoms with Crippen molar-refractivity contribution >= 4 is 38.0 Å². The monoisotopic (exact) mass is 2140 g/mol. The number of carbonyl (C=O) groups excluding carboxylic acids is 1. The number of carboxylic acid groups (broad SMARTS) is 1. The summed E-state index contributed by atoms with van der Waals surface area (Å²) in [5, 5.41) is 31.0. The first-order valence-corrected chi connectivity index (χ1v) is 67.7. The highest BCUT2D eigenvalue weighted by molar-refractivity contribution is 9.09. The normalized spacial score (nSPS) is 13.4. The number of unbranched alkanes of at least 4 members (excludes halogenated alkanes) is 45. The number of ether oxygens (including phenoxy) is 1. The van der Waals surface area contributed by atoms with Crippen molar-refractivity contribution in [1.29, 1.82) is 0 Å². The van der Waals surface area contributed by atoms with Crippen molar-refractivity contribution in [2.75, 3.05) is 45.4 Å². The third kappa shape index (κ3) is 127. The Hall–Kier alpha value is -2.35. The fraction of sp³-hybridized carbons (Fsp3) is 0.896. The molecule has 0 aliphatic carbocycles. The first kappa shape index (κ1) is 154. The van der Waals surface area contributed by atoms with E-state index in [0.29, 0.717) is 49.2 Å². The second-order valence-corrected chi connectivity index (χ2v) is 47.2. The van der Waals surface area contributed by atoms with Crippen LogP contribution in [0.1, 0.15) is 669 Å². The Morgan fingerprint density at radius 3 is 0.822 bits per heavy atom. The number of nitrogens with zero attached hydrogens (tertiary/aromatic N) is 1. The third-order valence-corrected chi connectivity index (χ3v) is 31.2. The van der Waals surface area contributed by atoms with Gasteiger partial charge in [-0.3, -0.25) is 13.8 Å². The van der Waals surface area contributed by atoms with Gasteiger partial charge in [0.1, 0.15) is 6.10 Å². The van der Waals surface area contributed by atoms with Crippen LogP contribution >= 0.6 is 15.9 Å². The highest BCUT2D eigenvalue weighted by atomic mass is 79.9. The molecule has 0 aliphatic heterocycles. The maximum atomic E-state index is 13.2. The Bertz CT molecular complexity index is 2660. The maximum absolute atomic E-state index is 13.2. The number of esters is 1. The average molecular weight is 2150 g/mol. The molecule has 0 aromatic rings. The van der Waals surface area contributed by atoms with Gasteiger partial charge < -0.3 is 25.0 Å². The number of rotatable bonds is 106. The third-order valence-electron chi connectivity index (χ3n) is 29.7. The smallest absolute Gasteiger partial charge is 0.306 e. The van der Waals surface area contributed by atoms with E-state index in [1.807, 2.05) is 0 Å². The fourth-order valence-electron chi connectivity index (χ4n) is 19.7. The second-order valence-electron chi connectivity index (χ2n) is 44.9. The molecule has 0 aromatic heterocycles. The zero-order valence-corrected chi connectivity index (χ0v) is 104. The van der Waals surface area contributed by atoms with E-state index in [2.05, 4.69) is 219 Å². The highest BCUT2D eigenvalue weighted by Crippen LogP contribution is 2.35. The number of carboxylic acids is 1. The number of carbonyl (C=O) groups is 2. The molecular formula is C134H264BrNO9S. The Kier molecular flexibility index (Phi) is 139. The molecule has 0 saturated carbocycles. The van der Waals surface area contributed by atoms with Crippen LogP contribution < -0.4 is 0 Å². The van der Waals surface area contributed by atoms with E-state index in [-0.39, 0.29) is 24.1 Å². The van der Waals surface area contributed by atoms with Crippen molar-refractivity contribution in [2.24, 2.45) is 47.3 Å². The van der Waals surface area contributed by atoms with Gasteiger partial charge in [0.15, 0.2) is 0 Å². The number of aliphatic hydroxyl groups is 2. The molecule has 7 unspecified atom stereocenters. The molecule has 0 rings (SSSR count). The molecule has 7 atom stereocenters. The van der Waals surface area contributed by atoms with E-state index in [1.165, 1.54) is 455 Å². The number of allylic oxidation sites excluding steroid dienone is 12. The molecule has 3 N–H and O–H groups in total. The van der Waals surface area contributed by atoms with Crippen LogP contribution in [0.2, 0.25) is 0 Å².